The van der Waals surface area contributed by atoms with Crippen molar-refractivity contribution in [3.8, 4) is 0 Å². The summed E-state index contributed by atoms with van der Waals surface area (Å²) in [5, 5.41) is 1.03. The quantitative estimate of drug-likeness (QED) is 0.943. The Kier molecular flexibility index (Phi) is 3.52. The van der Waals surface area contributed by atoms with Crippen LogP contribution in [-0.4, -0.2) is 18.6 Å². The maximum atomic E-state index is 6.42. The number of hydrogen-bond acceptors (Lipinski definition) is 4. The van der Waals surface area contributed by atoms with Gasteiger partial charge in [-0.2, -0.15) is 0 Å². The molecule has 1 unspecified atom stereocenters. The van der Waals surface area contributed by atoms with E-state index < -0.39 is 0 Å². The first-order valence-corrected chi connectivity index (χ1v) is 7.97. The molecular formula is C16H21N3S. The second-order valence-electron chi connectivity index (χ2n) is 5.45. The van der Waals surface area contributed by atoms with Gasteiger partial charge in [-0.25, -0.2) is 4.98 Å². The maximum absolute atomic E-state index is 6.42. The average Bonchev–Trinajstić information content (AvgIpc) is 3.01. The molecule has 0 radical (unpaired) electrons. The van der Waals surface area contributed by atoms with E-state index in [-0.39, 0.29) is 6.04 Å². The second-order valence-corrected chi connectivity index (χ2v) is 6.68. The van der Waals surface area contributed by atoms with E-state index in [9.17, 15) is 0 Å². The fraction of sp³-hybridized carbons (Fsp3) is 0.438. The molecule has 0 saturated heterocycles. The minimum Gasteiger partial charge on any atom is -0.374 e. The van der Waals surface area contributed by atoms with Crippen LogP contribution in [-0.2, 0) is 12.8 Å². The summed E-state index contributed by atoms with van der Waals surface area (Å²) in [6.45, 7) is 5.37. The van der Waals surface area contributed by atoms with Crippen LogP contribution in [0.15, 0.2) is 18.2 Å². The molecule has 106 valence electrons. The molecule has 1 aliphatic heterocycles. The van der Waals surface area contributed by atoms with E-state index in [0.29, 0.717) is 0 Å². The second kappa shape index (κ2) is 5.19. The normalized spacial score (nSPS) is 15.5. The molecule has 1 aromatic carbocycles. The summed E-state index contributed by atoms with van der Waals surface area (Å²) < 4.78 is 0. The fourth-order valence-electron chi connectivity index (χ4n) is 2.83. The summed E-state index contributed by atoms with van der Waals surface area (Å²) in [6, 6.07) is 6.49. The lowest BCUT2D eigenvalue weighted by molar-refractivity contribution is 0.842. The lowest BCUT2D eigenvalue weighted by Crippen LogP contribution is -2.13. The standard InChI is InChI=1S/C16H21N3S/c1-4-13-10(2)20-16(18-13)15(17)12-5-6-14-11(9-12)7-8-19(14)3/h5-6,9,15H,4,7-8,17H2,1-3H3. The Morgan fingerprint density at radius 3 is 2.95 bits per heavy atom. The predicted octanol–water partition coefficient (Wildman–Crippen LogP) is 3.05. The van der Waals surface area contributed by atoms with E-state index in [1.165, 1.54) is 27.4 Å². The number of anilines is 1. The van der Waals surface area contributed by atoms with Gasteiger partial charge >= 0.3 is 0 Å². The van der Waals surface area contributed by atoms with Gasteiger partial charge in [0, 0.05) is 24.2 Å². The van der Waals surface area contributed by atoms with Crippen molar-refractivity contribution in [2.24, 2.45) is 5.73 Å². The van der Waals surface area contributed by atoms with Gasteiger partial charge in [-0.15, -0.1) is 11.3 Å². The molecule has 1 aromatic heterocycles. The first-order valence-electron chi connectivity index (χ1n) is 7.16. The van der Waals surface area contributed by atoms with Crippen molar-refractivity contribution < 1.29 is 0 Å². The van der Waals surface area contributed by atoms with E-state index in [2.05, 4.69) is 44.0 Å². The third kappa shape index (κ3) is 2.23. The van der Waals surface area contributed by atoms with Gasteiger partial charge in [0.1, 0.15) is 5.01 Å². The summed E-state index contributed by atoms with van der Waals surface area (Å²) in [5.41, 5.74) is 11.5. The highest BCUT2D eigenvalue weighted by Gasteiger charge is 2.20. The molecular weight excluding hydrogens is 266 g/mol. The van der Waals surface area contributed by atoms with Crippen LogP contribution in [0.25, 0.3) is 0 Å². The van der Waals surface area contributed by atoms with Crippen LogP contribution in [0.3, 0.4) is 0 Å². The first-order chi connectivity index (χ1) is 9.60. The third-order valence-corrected chi connectivity index (χ3v) is 5.20. The number of aromatic nitrogens is 1. The molecule has 3 rings (SSSR count). The molecule has 0 spiro atoms. The van der Waals surface area contributed by atoms with Crippen molar-refractivity contribution in [2.45, 2.75) is 32.7 Å². The summed E-state index contributed by atoms with van der Waals surface area (Å²) >= 11 is 1.73. The number of benzene rings is 1. The Bertz CT molecular complexity index is 633. The van der Waals surface area contributed by atoms with Gasteiger partial charge < -0.3 is 10.6 Å². The molecule has 4 heteroatoms. The third-order valence-electron chi connectivity index (χ3n) is 4.10. The molecule has 0 amide bonds. The Morgan fingerprint density at radius 2 is 2.25 bits per heavy atom. The van der Waals surface area contributed by atoms with E-state index in [1.807, 2.05) is 0 Å². The van der Waals surface area contributed by atoms with E-state index >= 15 is 0 Å². The Hall–Kier alpha value is -1.39. The van der Waals surface area contributed by atoms with Gasteiger partial charge in [-0.1, -0.05) is 19.1 Å². The maximum Gasteiger partial charge on any atom is 0.114 e. The molecule has 2 aromatic rings. The number of rotatable bonds is 3. The highest BCUT2D eigenvalue weighted by atomic mass is 32.1. The van der Waals surface area contributed by atoms with Crippen LogP contribution in [0, 0.1) is 6.92 Å². The number of nitrogens with two attached hydrogens (primary N) is 1. The van der Waals surface area contributed by atoms with Crippen molar-refractivity contribution in [1.82, 2.24) is 4.98 Å². The van der Waals surface area contributed by atoms with Gasteiger partial charge in [0.2, 0.25) is 0 Å². The Morgan fingerprint density at radius 1 is 1.45 bits per heavy atom. The zero-order valence-electron chi connectivity index (χ0n) is 12.3. The number of likely N-dealkylation sites (N-methyl/N-ethyl adjacent to an activating group) is 1. The fourth-order valence-corrected chi connectivity index (χ4v) is 3.87. The summed E-state index contributed by atoms with van der Waals surface area (Å²) in [4.78, 5) is 8.29. The monoisotopic (exact) mass is 287 g/mol. The Labute approximate surface area is 124 Å². The van der Waals surface area contributed by atoms with Crippen LogP contribution in [0.5, 0.6) is 0 Å². The van der Waals surface area contributed by atoms with Gasteiger partial charge in [-0.3, -0.25) is 0 Å². The first kappa shape index (κ1) is 13.6. The molecule has 0 aliphatic carbocycles. The molecule has 2 N–H and O–H groups in total. The number of fused-ring (bicyclic) bond motifs is 1. The SMILES string of the molecule is CCc1nc(C(N)c2ccc3c(c2)CCN3C)sc1C. The van der Waals surface area contributed by atoms with Crippen LogP contribution < -0.4 is 10.6 Å². The van der Waals surface area contributed by atoms with Crippen LogP contribution in [0.4, 0.5) is 5.69 Å². The van der Waals surface area contributed by atoms with Gasteiger partial charge in [0.25, 0.3) is 0 Å². The minimum atomic E-state index is -0.102. The highest BCUT2D eigenvalue weighted by Crippen LogP contribution is 2.32. The molecule has 0 bridgehead atoms. The van der Waals surface area contributed by atoms with Crippen LogP contribution >= 0.6 is 11.3 Å². The molecule has 2 heterocycles. The van der Waals surface area contributed by atoms with Crippen LogP contribution in [0.1, 0.15) is 39.7 Å². The summed E-state index contributed by atoms with van der Waals surface area (Å²) in [6.07, 6.45) is 2.09. The zero-order chi connectivity index (χ0) is 14.3. The smallest absolute Gasteiger partial charge is 0.114 e. The lowest BCUT2D eigenvalue weighted by Gasteiger charge is -2.14. The molecule has 3 nitrogen and oxygen atoms in total. The molecule has 20 heavy (non-hydrogen) atoms. The lowest BCUT2D eigenvalue weighted by atomic mass is 10.0. The van der Waals surface area contributed by atoms with Crippen molar-refractivity contribution in [3.05, 3.63) is 44.9 Å². The van der Waals surface area contributed by atoms with Gasteiger partial charge in [0.15, 0.2) is 0 Å². The highest BCUT2D eigenvalue weighted by molar-refractivity contribution is 7.11. The molecule has 1 aliphatic rings. The number of aryl methyl sites for hydroxylation is 2. The molecule has 0 fully saturated rings. The molecule has 0 saturated carbocycles. The van der Waals surface area contributed by atoms with Crippen molar-refractivity contribution in [3.63, 3.8) is 0 Å². The number of nitrogens with zero attached hydrogens (tertiary/aromatic N) is 2. The number of hydrogen-bond donors (Lipinski definition) is 1. The number of thiazole rings is 1. The summed E-state index contributed by atoms with van der Waals surface area (Å²) in [5.74, 6) is 0. The van der Waals surface area contributed by atoms with Gasteiger partial charge in [-0.05, 0) is 37.0 Å². The van der Waals surface area contributed by atoms with Crippen molar-refractivity contribution >= 4 is 17.0 Å². The Balaban J connectivity index is 1.92. The van der Waals surface area contributed by atoms with Crippen molar-refractivity contribution in [2.75, 3.05) is 18.5 Å². The zero-order valence-corrected chi connectivity index (χ0v) is 13.1. The van der Waals surface area contributed by atoms with Crippen molar-refractivity contribution in [1.29, 1.82) is 0 Å². The van der Waals surface area contributed by atoms with E-state index in [0.717, 1.165) is 24.4 Å². The predicted molar refractivity (Wildman–Crippen MR) is 85.7 cm³/mol. The van der Waals surface area contributed by atoms with E-state index in [1.54, 1.807) is 11.3 Å². The topological polar surface area (TPSA) is 42.1 Å². The summed E-state index contributed by atoms with van der Waals surface area (Å²) in [7, 11) is 2.14. The largest absolute Gasteiger partial charge is 0.374 e. The van der Waals surface area contributed by atoms with Crippen LogP contribution in [0.2, 0.25) is 0 Å². The van der Waals surface area contributed by atoms with E-state index in [4.69, 9.17) is 10.7 Å². The minimum absolute atomic E-state index is 0.102. The molecule has 1 atom stereocenters. The average molecular weight is 287 g/mol. The van der Waals surface area contributed by atoms with Gasteiger partial charge in [0.05, 0.1) is 11.7 Å².